The van der Waals surface area contributed by atoms with Crippen LogP contribution in [0.1, 0.15) is 0 Å². The first-order chi connectivity index (χ1) is 12.3. The lowest BCUT2D eigenvalue weighted by Crippen LogP contribution is -2.34. The second kappa shape index (κ2) is 7.10. The molecule has 1 aliphatic heterocycles. The molecule has 0 radical (unpaired) electrons. The van der Waals surface area contributed by atoms with Gasteiger partial charge in [-0.25, -0.2) is 4.98 Å². The topological polar surface area (TPSA) is 63.0 Å². The predicted molar refractivity (Wildman–Crippen MR) is 101 cm³/mol. The highest BCUT2D eigenvalue weighted by Gasteiger charge is 2.19. The molecule has 3 aromatic rings. The summed E-state index contributed by atoms with van der Waals surface area (Å²) in [5.41, 5.74) is 1.03. The average Bonchev–Trinajstić information content (AvgIpc) is 3.23. The number of benzene rings is 1. The SMILES string of the molecule is CN(c1ccccc1)c1nc(N2CCSCC2)nc(-n2ccnc2)n1. The summed E-state index contributed by atoms with van der Waals surface area (Å²) in [5, 5.41) is 0. The Morgan fingerprint density at radius 2 is 1.76 bits per heavy atom. The quantitative estimate of drug-likeness (QED) is 0.713. The Morgan fingerprint density at radius 3 is 2.48 bits per heavy atom. The summed E-state index contributed by atoms with van der Waals surface area (Å²) < 4.78 is 1.81. The summed E-state index contributed by atoms with van der Waals surface area (Å²) in [6.07, 6.45) is 5.27. The van der Waals surface area contributed by atoms with Crippen LogP contribution in [0.15, 0.2) is 49.1 Å². The first kappa shape index (κ1) is 15.9. The standard InChI is InChI=1S/C17H19N7S/c1-22(14-5-3-2-4-6-14)15-19-16(23-9-11-25-12-10-23)21-17(20-15)24-8-7-18-13-24/h2-8,13H,9-12H2,1H3. The molecule has 0 amide bonds. The molecule has 0 spiro atoms. The molecule has 0 bridgehead atoms. The van der Waals surface area contributed by atoms with Gasteiger partial charge >= 0.3 is 0 Å². The van der Waals surface area contributed by atoms with Gasteiger partial charge in [-0.15, -0.1) is 0 Å². The van der Waals surface area contributed by atoms with E-state index in [-0.39, 0.29) is 0 Å². The van der Waals surface area contributed by atoms with E-state index in [1.165, 1.54) is 0 Å². The molecule has 0 N–H and O–H groups in total. The maximum Gasteiger partial charge on any atom is 0.241 e. The van der Waals surface area contributed by atoms with E-state index in [9.17, 15) is 0 Å². The van der Waals surface area contributed by atoms with Crippen LogP contribution in [0.2, 0.25) is 0 Å². The number of para-hydroxylation sites is 1. The third-order valence-corrected chi connectivity index (χ3v) is 5.02. The van der Waals surface area contributed by atoms with Crippen LogP contribution >= 0.6 is 11.8 Å². The maximum absolute atomic E-state index is 4.73. The van der Waals surface area contributed by atoms with E-state index in [0.717, 1.165) is 36.2 Å². The van der Waals surface area contributed by atoms with Gasteiger partial charge in [0, 0.05) is 49.7 Å². The van der Waals surface area contributed by atoms with Crippen LogP contribution in [0.3, 0.4) is 0 Å². The molecule has 1 aromatic carbocycles. The van der Waals surface area contributed by atoms with E-state index >= 15 is 0 Å². The van der Waals surface area contributed by atoms with Gasteiger partial charge in [0.25, 0.3) is 0 Å². The normalized spacial score (nSPS) is 14.5. The molecule has 4 rings (SSSR count). The summed E-state index contributed by atoms with van der Waals surface area (Å²) in [6.45, 7) is 1.90. The number of rotatable bonds is 4. The summed E-state index contributed by atoms with van der Waals surface area (Å²) >= 11 is 1.96. The fourth-order valence-corrected chi connectivity index (χ4v) is 3.56. The zero-order valence-corrected chi connectivity index (χ0v) is 14.8. The number of hydrogen-bond acceptors (Lipinski definition) is 7. The number of thioether (sulfide) groups is 1. The zero-order chi connectivity index (χ0) is 17.1. The molecule has 1 aliphatic rings. The van der Waals surface area contributed by atoms with Crippen molar-refractivity contribution in [3.8, 4) is 5.95 Å². The number of hydrogen-bond donors (Lipinski definition) is 0. The lowest BCUT2D eigenvalue weighted by atomic mass is 10.3. The van der Waals surface area contributed by atoms with E-state index in [2.05, 4.69) is 19.9 Å². The third-order valence-electron chi connectivity index (χ3n) is 4.07. The summed E-state index contributed by atoms with van der Waals surface area (Å²) in [7, 11) is 1.97. The highest BCUT2D eigenvalue weighted by Crippen LogP contribution is 2.23. The molecule has 128 valence electrons. The third kappa shape index (κ3) is 3.43. The van der Waals surface area contributed by atoms with E-state index in [1.54, 1.807) is 12.5 Å². The van der Waals surface area contributed by atoms with Crippen molar-refractivity contribution in [3.63, 3.8) is 0 Å². The highest BCUT2D eigenvalue weighted by molar-refractivity contribution is 7.99. The zero-order valence-electron chi connectivity index (χ0n) is 14.0. The number of imidazole rings is 1. The first-order valence-corrected chi connectivity index (χ1v) is 9.32. The molecule has 3 heterocycles. The molecule has 2 aromatic heterocycles. The minimum atomic E-state index is 0.582. The van der Waals surface area contributed by atoms with Gasteiger partial charge in [-0.3, -0.25) is 4.57 Å². The fraction of sp³-hybridized carbons (Fsp3) is 0.294. The van der Waals surface area contributed by atoms with Gasteiger partial charge in [0.2, 0.25) is 17.8 Å². The van der Waals surface area contributed by atoms with Crippen LogP contribution in [-0.2, 0) is 0 Å². The fourth-order valence-electron chi connectivity index (χ4n) is 2.66. The van der Waals surface area contributed by atoms with E-state index in [1.807, 2.05) is 64.8 Å². The Hall–Kier alpha value is -2.61. The Labute approximate surface area is 150 Å². The van der Waals surface area contributed by atoms with Crippen molar-refractivity contribution in [3.05, 3.63) is 49.1 Å². The Morgan fingerprint density at radius 1 is 1.00 bits per heavy atom. The lowest BCUT2D eigenvalue weighted by Gasteiger charge is -2.27. The molecule has 8 heteroatoms. The van der Waals surface area contributed by atoms with Crippen LogP contribution in [0.5, 0.6) is 0 Å². The Balaban J connectivity index is 1.76. The molecule has 0 aliphatic carbocycles. The molecular formula is C17H19N7S. The molecule has 7 nitrogen and oxygen atoms in total. The van der Waals surface area contributed by atoms with Crippen molar-refractivity contribution in [1.82, 2.24) is 24.5 Å². The molecule has 0 saturated carbocycles. The van der Waals surface area contributed by atoms with Crippen molar-refractivity contribution in [2.75, 3.05) is 41.4 Å². The van der Waals surface area contributed by atoms with Gasteiger partial charge in [0.1, 0.15) is 6.33 Å². The molecular weight excluding hydrogens is 334 g/mol. The van der Waals surface area contributed by atoms with Crippen LogP contribution in [-0.4, -0.2) is 56.1 Å². The predicted octanol–water partition coefficient (Wildman–Crippen LogP) is 2.38. The minimum absolute atomic E-state index is 0.582. The van der Waals surface area contributed by atoms with Gasteiger partial charge in [-0.05, 0) is 12.1 Å². The molecule has 1 saturated heterocycles. The lowest BCUT2D eigenvalue weighted by molar-refractivity contribution is 0.785. The van der Waals surface area contributed by atoms with Crippen LogP contribution in [0.4, 0.5) is 17.6 Å². The van der Waals surface area contributed by atoms with Gasteiger partial charge in [-0.1, -0.05) is 18.2 Å². The van der Waals surface area contributed by atoms with E-state index < -0.39 is 0 Å². The van der Waals surface area contributed by atoms with Gasteiger partial charge in [0.05, 0.1) is 0 Å². The van der Waals surface area contributed by atoms with Crippen molar-refractivity contribution < 1.29 is 0 Å². The smallest absolute Gasteiger partial charge is 0.241 e. The first-order valence-electron chi connectivity index (χ1n) is 8.17. The van der Waals surface area contributed by atoms with Gasteiger partial charge in [0.15, 0.2) is 0 Å². The molecule has 0 unspecified atom stereocenters. The van der Waals surface area contributed by atoms with Crippen molar-refractivity contribution in [1.29, 1.82) is 0 Å². The molecule has 25 heavy (non-hydrogen) atoms. The van der Waals surface area contributed by atoms with E-state index in [0.29, 0.717) is 11.9 Å². The van der Waals surface area contributed by atoms with Gasteiger partial charge in [-0.2, -0.15) is 26.7 Å². The van der Waals surface area contributed by atoms with Crippen molar-refractivity contribution in [2.45, 2.75) is 0 Å². The number of aromatic nitrogens is 5. The van der Waals surface area contributed by atoms with Crippen LogP contribution in [0.25, 0.3) is 5.95 Å². The molecule has 0 atom stereocenters. The monoisotopic (exact) mass is 353 g/mol. The summed E-state index contributed by atoms with van der Waals surface area (Å²) in [4.78, 5) is 22.3. The number of anilines is 3. The van der Waals surface area contributed by atoms with Crippen LogP contribution < -0.4 is 9.80 Å². The average molecular weight is 353 g/mol. The largest absolute Gasteiger partial charge is 0.339 e. The molecule has 1 fully saturated rings. The van der Waals surface area contributed by atoms with E-state index in [4.69, 9.17) is 4.98 Å². The second-order valence-corrected chi connectivity index (χ2v) is 6.92. The second-order valence-electron chi connectivity index (χ2n) is 5.70. The van der Waals surface area contributed by atoms with Crippen molar-refractivity contribution in [2.24, 2.45) is 0 Å². The highest BCUT2D eigenvalue weighted by atomic mass is 32.2. The minimum Gasteiger partial charge on any atom is -0.339 e. The maximum atomic E-state index is 4.73. The summed E-state index contributed by atoms with van der Waals surface area (Å²) in [6, 6.07) is 10.1. The number of nitrogens with zero attached hydrogens (tertiary/aromatic N) is 7. The Kier molecular flexibility index (Phi) is 4.51. The van der Waals surface area contributed by atoms with Crippen molar-refractivity contribution >= 4 is 29.3 Å². The Bertz CT molecular complexity index is 816. The van der Waals surface area contributed by atoms with Crippen LogP contribution in [0, 0.1) is 0 Å². The van der Waals surface area contributed by atoms with Gasteiger partial charge < -0.3 is 9.80 Å². The summed E-state index contributed by atoms with van der Waals surface area (Å²) in [5.74, 6) is 4.11.